The molecule has 0 amide bonds. The average molecular weight is 365 g/mol. The molecule has 134 valence electrons. The smallest absolute Gasteiger partial charge is 0.496 e. The fourth-order valence-corrected chi connectivity index (χ4v) is 2.68. The molecule has 0 saturated carbocycles. The molecule has 0 saturated heterocycles. The molecule has 2 aromatic rings. The Morgan fingerprint density at radius 2 is 1.84 bits per heavy atom. The highest BCUT2D eigenvalue weighted by molar-refractivity contribution is 6.32. The Bertz CT molecular complexity index is 758. The number of carbonyl (C=O) groups is 1. The van der Waals surface area contributed by atoms with Crippen molar-refractivity contribution in [3.8, 4) is 17.2 Å². The summed E-state index contributed by atoms with van der Waals surface area (Å²) in [5.74, 6) is 1.41. The van der Waals surface area contributed by atoms with Crippen LogP contribution in [0.1, 0.15) is 23.6 Å². The van der Waals surface area contributed by atoms with Crippen LogP contribution in [0.25, 0.3) is 0 Å². The quantitative estimate of drug-likeness (QED) is 0.536. The monoisotopic (exact) mass is 364 g/mol. The first-order chi connectivity index (χ1) is 12.0. The zero-order valence-electron chi connectivity index (χ0n) is 14.7. The SMILES string of the molecule is CCc1cc(Cl)c(OCc2c(OC)cccc2OC(=O)OC)cc1C. The van der Waals surface area contributed by atoms with Crippen molar-refractivity contribution in [2.75, 3.05) is 14.2 Å². The molecule has 25 heavy (non-hydrogen) atoms. The zero-order chi connectivity index (χ0) is 18.4. The van der Waals surface area contributed by atoms with Crippen molar-refractivity contribution in [1.29, 1.82) is 0 Å². The molecule has 0 atom stereocenters. The second kappa shape index (κ2) is 8.62. The lowest BCUT2D eigenvalue weighted by Gasteiger charge is -2.16. The maximum absolute atomic E-state index is 11.4. The van der Waals surface area contributed by atoms with E-state index in [0.29, 0.717) is 27.8 Å². The topological polar surface area (TPSA) is 54.0 Å². The van der Waals surface area contributed by atoms with Gasteiger partial charge in [0.1, 0.15) is 23.9 Å². The molecule has 0 spiro atoms. The van der Waals surface area contributed by atoms with E-state index in [4.69, 9.17) is 25.8 Å². The Balaban J connectivity index is 2.28. The third-order valence-electron chi connectivity index (χ3n) is 3.81. The van der Waals surface area contributed by atoms with Crippen LogP contribution in [-0.2, 0) is 17.8 Å². The van der Waals surface area contributed by atoms with Crippen molar-refractivity contribution in [2.45, 2.75) is 26.9 Å². The minimum Gasteiger partial charge on any atom is -0.496 e. The molecule has 0 bridgehead atoms. The van der Waals surface area contributed by atoms with Crippen LogP contribution >= 0.6 is 11.6 Å². The van der Waals surface area contributed by atoms with Crippen molar-refractivity contribution < 1.29 is 23.7 Å². The van der Waals surface area contributed by atoms with Crippen molar-refractivity contribution in [1.82, 2.24) is 0 Å². The second-order valence-corrected chi connectivity index (χ2v) is 5.75. The van der Waals surface area contributed by atoms with E-state index in [1.54, 1.807) is 18.2 Å². The van der Waals surface area contributed by atoms with Gasteiger partial charge in [-0.2, -0.15) is 0 Å². The van der Waals surface area contributed by atoms with Gasteiger partial charge in [-0.05, 0) is 48.7 Å². The van der Waals surface area contributed by atoms with Crippen LogP contribution in [-0.4, -0.2) is 20.4 Å². The number of halogens is 1. The number of methoxy groups -OCH3 is 2. The fourth-order valence-electron chi connectivity index (χ4n) is 2.44. The third kappa shape index (κ3) is 4.57. The molecule has 0 aliphatic heterocycles. The van der Waals surface area contributed by atoms with Crippen LogP contribution in [0.15, 0.2) is 30.3 Å². The molecule has 0 aliphatic rings. The summed E-state index contributed by atoms with van der Waals surface area (Å²) in [4.78, 5) is 11.4. The largest absolute Gasteiger partial charge is 0.513 e. The van der Waals surface area contributed by atoms with E-state index < -0.39 is 6.16 Å². The summed E-state index contributed by atoms with van der Waals surface area (Å²) in [5.41, 5.74) is 2.86. The van der Waals surface area contributed by atoms with Crippen molar-refractivity contribution in [2.24, 2.45) is 0 Å². The summed E-state index contributed by atoms with van der Waals surface area (Å²) in [6, 6.07) is 8.92. The highest BCUT2D eigenvalue weighted by Gasteiger charge is 2.16. The summed E-state index contributed by atoms with van der Waals surface area (Å²) in [5, 5.41) is 0.535. The Morgan fingerprint density at radius 1 is 1.12 bits per heavy atom. The summed E-state index contributed by atoms with van der Waals surface area (Å²) in [6.07, 6.45) is 0.0887. The van der Waals surface area contributed by atoms with E-state index in [2.05, 4.69) is 11.7 Å². The van der Waals surface area contributed by atoms with Gasteiger partial charge in [-0.25, -0.2) is 4.79 Å². The zero-order valence-corrected chi connectivity index (χ0v) is 15.5. The normalized spacial score (nSPS) is 10.3. The van der Waals surface area contributed by atoms with Gasteiger partial charge in [-0.1, -0.05) is 24.6 Å². The summed E-state index contributed by atoms with van der Waals surface area (Å²) >= 11 is 6.30. The third-order valence-corrected chi connectivity index (χ3v) is 4.11. The van der Waals surface area contributed by atoms with Crippen molar-refractivity contribution in [3.05, 3.63) is 52.0 Å². The fraction of sp³-hybridized carbons (Fsp3) is 0.316. The Hall–Kier alpha value is -2.40. The van der Waals surface area contributed by atoms with Gasteiger partial charge in [0.2, 0.25) is 0 Å². The molecule has 2 rings (SSSR count). The van der Waals surface area contributed by atoms with E-state index in [1.165, 1.54) is 19.8 Å². The van der Waals surface area contributed by atoms with Crippen LogP contribution in [0.3, 0.4) is 0 Å². The first-order valence-corrected chi connectivity index (χ1v) is 8.21. The van der Waals surface area contributed by atoms with Gasteiger partial charge < -0.3 is 18.9 Å². The predicted octanol–water partition coefficient (Wildman–Crippen LogP) is 4.94. The molecule has 0 radical (unpaired) electrons. The number of carbonyl (C=O) groups excluding carboxylic acids is 1. The van der Waals surface area contributed by atoms with Gasteiger partial charge in [-0.3, -0.25) is 0 Å². The Kier molecular flexibility index (Phi) is 6.53. The maximum atomic E-state index is 11.4. The minimum absolute atomic E-state index is 0.126. The first kappa shape index (κ1) is 18.9. The van der Waals surface area contributed by atoms with Gasteiger partial charge in [0.05, 0.1) is 24.8 Å². The maximum Gasteiger partial charge on any atom is 0.513 e. The van der Waals surface area contributed by atoms with Crippen LogP contribution in [0.2, 0.25) is 5.02 Å². The molecule has 6 heteroatoms. The molecule has 2 aromatic carbocycles. The molecular formula is C19H21ClO5. The highest BCUT2D eigenvalue weighted by atomic mass is 35.5. The lowest BCUT2D eigenvalue weighted by molar-refractivity contribution is 0.120. The lowest BCUT2D eigenvalue weighted by Crippen LogP contribution is -2.10. The number of aryl methyl sites for hydroxylation is 2. The van der Waals surface area contributed by atoms with Crippen molar-refractivity contribution >= 4 is 17.8 Å². The number of hydrogen-bond acceptors (Lipinski definition) is 5. The number of benzene rings is 2. The summed E-state index contributed by atoms with van der Waals surface area (Å²) in [6.45, 7) is 4.21. The average Bonchev–Trinajstić information content (AvgIpc) is 2.62. The second-order valence-electron chi connectivity index (χ2n) is 5.34. The Labute approximate surface area is 152 Å². The number of rotatable bonds is 6. The van der Waals surface area contributed by atoms with E-state index in [-0.39, 0.29) is 6.61 Å². The van der Waals surface area contributed by atoms with Gasteiger partial charge in [0.25, 0.3) is 0 Å². The summed E-state index contributed by atoms with van der Waals surface area (Å²) < 4.78 is 20.9. The number of hydrogen-bond donors (Lipinski definition) is 0. The molecule has 0 fully saturated rings. The molecular weight excluding hydrogens is 344 g/mol. The Morgan fingerprint density at radius 3 is 2.48 bits per heavy atom. The highest BCUT2D eigenvalue weighted by Crippen LogP contribution is 2.33. The van der Waals surface area contributed by atoms with Crippen LogP contribution in [0.4, 0.5) is 4.79 Å². The summed E-state index contributed by atoms with van der Waals surface area (Å²) in [7, 11) is 2.78. The van der Waals surface area contributed by atoms with E-state index in [1.807, 2.05) is 19.1 Å². The first-order valence-electron chi connectivity index (χ1n) is 7.83. The molecule has 0 aliphatic carbocycles. The molecule has 0 aromatic heterocycles. The number of ether oxygens (including phenoxy) is 4. The van der Waals surface area contributed by atoms with E-state index in [9.17, 15) is 4.79 Å². The standard InChI is InChI=1S/C19H21ClO5/c1-5-13-10-15(20)18(9-12(13)2)24-11-14-16(22-3)7-6-8-17(14)25-19(21)23-4/h6-10H,5,11H2,1-4H3. The van der Waals surface area contributed by atoms with Crippen LogP contribution in [0, 0.1) is 6.92 Å². The van der Waals surface area contributed by atoms with E-state index >= 15 is 0 Å². The van der Waals surface area contributed by atoms with Gasteiger partial charge in [0, 0.05) is 0 Å². The van der Waals surface area contributed by atoms with Gasteiger partial charge in [-0.15, -0.1) is 0 Å². The van der Waals surface area contributed by atoms with Crippen LogP contribution in [0.5, 0.6) is 17.2 Å². The lowest BCUT2D eigenvalue weighted by atomic mass is 10.1. The molecule has 0 unspecified atom stereocenters. The minimum atomic E-state index is -0.810. The van der Waals surface area contributed by atoms with Gasteiger partial charge in [0.15, 0.2) is 0 Å². The van der Waals surface area contributed by atoms with Crippen molar-refractivity contribution in [3.63, 3.8) is 0 Å². The van der Waals surface area contributed by atoms with Gasteiger partial charge >= 0.3 is 6.16 Å². The van der Waals surface area contributed by atoms with E-state index in [0.717, 1.165) is 12.0 Å². The predicted molar refractivity (Wildman–Crippen MR) is 95.9 cm³/mol. The molecule has 0 heterocycles. The molecule has 0 N–H and O–H groups in total. The van der Waals surface area contributed by atoms with Crippen LogP contribution < -0.4 is 14.2 Å². The molecule has 5 nitrogen and oxygen atoms in total.